The van der Waals surface area contributed by atoms with E-state index in [4.69, 9.17) is 23.2 Å². The number of halogens is 3. The summed E-state index contributed by atoms with van der Waals surface area (Å²) in [5, 5.41) is -0.189. The first-order valence-electron chi connectivity index (χ1n) is 4.74. The van der Waals surface area contributed by atoms with E-state index in [1.165, 1.54) is 6.07 Å². The fourth-order valence-electron chi connectivity index (χ4n) is 1.49. The molecule has 0 spiro atoms. The lowest BCUT2D eigenvalue weighted by Gasteiger charge is -2.11. The molecule has 1 N–H and O–H groups in total. The molecule has 0 saturated carbocycles. The highest BCUT2D eigenvalue weighted by Gasteiger charge is 2.17. The van der Waals surface area contributed by atoms with Crippen molar-refractivity contribution in [3.8, 4) is 0 Å². The van der Waals surface area contributed by atoms with Gasteiger partial charge in [0, 0.05) is 29.4 Å². The fourth-order valence-corrected chi connectivity index (χ4v) is 2.21. The lowest BCUT2D eigenvalue weighted by molar-refractivity contribution is 0.604. The summed E-state index contributed by atoms with van der Waals surface area (Å²) in [7, 11) is 0. The molecule has 1 atom stereocenters. The molecule has 84 valence electrons. The maximum Gasteiger partial charge on any atom is 0.129 e. The minimum atomic E-state index is -0.528. The molecule has 0 saturated heterocycles. The molecule has 0 fully saturated rings. The second-order valence-corrected chi connectivity index (χ2v) is 4.28. The number of imidazole rings is 1. The molecule has 0 amide bonds. The van der Waals surface area contributed by atoms with Crippen LogP contribution in [0.4, 0.5) is 4.39 Å². The van der Waals surface area contributed by atoms with Gasteiger partial charge in [-0.05, 0) is 12.1 Å². The van der Waals surface area contributed by atoms with E-state index in [0.29, 0.717) is 22.8 Å². The lowest BCUT2D eigenvalue weighted by atomic mass is 10.1. The molecule has 2 aromatic rings. The van der Waals surface area contributed by atoms with Gasteiger partial charge >= 0.3 is 0 Å². The van der Waals surface area contributed by atoms with Crippen molar-refractivity contribution < 1.29 is 4.39 Å². The van der Waals surface area contributed by atoms with E-state index in [2.05, 4.69) is 9.97 Å². The third kappa shape index (κ3) is 2.36. The summed E-state index contributed by atoms with van der Waals surface area (Å²) in [6.45, 7) is 0. The summed E-state index contributed by atoms with van der Waals surface area (Å²) in [5.41, 5.74) is 0.322. The third-order valence-electron chi connectivity index (χ3n) is 2.24. The van der Waals surface area contributed by atoms with Crippen LogP contribution in [-0.2, 0) is 6.42 Å². The van der Waals surface area contributed by atoms with Crippen molar-refractivity contribution >= 4 is 23.2 Å². The normalized spacial score (nSPS) is 12.7. The first kappa shape index (κ1) is 11.4. The molecule has 1 heterocycles. The van der Waals surface area contributed by atoms with Crippen molar-refractivity contribution in [3.05, 3.63) is 52.8 Å². The molecular weight excluding hydrogens is 250 g/mol. The van der Waals surface area contributed by atoms with Crippen LogP contribution in [0, 0.1) is 5.82 Å². The van der Waals surface area contributed by atoms with Gasteiger partial charge in [0.25, 0.3) is 0 Å². The van der Waals surface area contributed by atoms with E-state index >= 15 is 0 Å². The summed E-state index contributed by atoms with van der Waals surface area (Å²) < 4.78 is 13.5. The second-order valence-electron chi connectivity index (χ2n) is 3.34. The summed E-state index contributed by atoms with van der Waals surface area (Å²) >= 11 is 12.0. The average molecular weight is 259 g/mol. The molecule has 0 aliphatic carbocycles. The minimum absolute atomic E-state index is 0.322. The number of nitrogens with zero attached hydrogens (tertiary/aromatic N) is 1. The zero-order valence-corrected chi connectivity index (χ0v) is 9.76. The molecule has 1 aromatic heterocycles. The van der Waals surface area contributed by atoms with Gasteiger partial charge in [-0.15, -0.1) is 11.6 Å². The first-order valence-corrected chi connectivity index (χ1v) is 5.56. The van der Waals surface area contributed by atoms with Crippen LogP contribution < -0.4 is 0 Å². The Kier molecular flexibility index (Phi) is 3.46. The Morgan fingerprint density at radius 2 is 2.25 bits per heavy atom. The third-order valence-corrected chi connectivity index (χ3v) is 2.94. The van der Waals surface area contributed by atoms with Crippen LogP contribution in [0.2, 0.25) is 5.02 Å². The topological polar surface area (TPSA) is 28.7 Å². The highest BCUT2D eigenvalue weighted by molar-refractivity contribution is 6.32. The fraction of sp³-hybridized carbons (Fsp3) is 0.182. The number of aromatic nitrogens is 2. The molecule has 0 aliphatic heterocycles. The molecule has 2 rings (SSSR count). The smallest absolute Gasteiger partial charge is 0.129 e. The summed E-state index contributed by atoms with van der Waals surface area (Å²) in [5.74, 6) is 0.318. The van der Waals surface area contributed by atoms with Gasteiger partial charge in [-0.2, -0.15) is 0 Å². The van der Waals surface area contributed by atoms with Crippen LogP contribution >= 0.6 is 23.2 Å². The highest BCUT2D eigenvalue weighted by atomic mass is 35.5. The zero-order chi connectivity index (χ0) is 11.5. The molecular formula is C11H9Cl2FN2. The van der Waals surface area contributed by atoms with E-state index in [-0.39, 0.29) is 5.82 Å². The van der Waals surface area contributed by atoms with Gasteiger partial charge < -0.3 is 4.98 Å². The van der Waals surface area contributed by atoms with Crippen LogP contribution in [-0.4, -0.2) is 9.97 Å². The maximum atomic E-state index is 13.5. The lowest BCUT2D eigenvalue weighted by Crippen LogP contribution is -2.01. The Morgan fingerprint density at radius 1 is 1.44 bits per heavy atom. The molecule has 2 nitrogen and oxygen atoms in total. The van der Waals surface area contributed by atoms with Gasteiger partial charge in [-0.3, -0.25) is 0 Å². The van der Waals surface area contributed by atoms with E-state index in [1.807, 2.05) is 0 Å². The number of rotatable bonds is 3. The van der Waals surface area contributed by atoms with Crippen molar-refractivity contribution in [1.29, 1.82) is 0 Å². The second kappa shape index (κ2) is 4.85. The molecule has 5 heteroatoms. The van der Waals surface area contributed by atoms with E-state index in [9.17, 15) is 4.39 Å². The molecule has 0 radical (unpaired) electrons. The van der Waals surface area contributed by atoms with Crippen LogP contribution in [0.15, 0.2) is 30.6 Å². The van der Waals surface area contributed by atoms with Crippen molar-refractivity contribution in [2.24, 2.45) is 0 Å². The monoisotopic (exact) mass is 258 g/mol. The number of alkyl halides is 1. The standard InChI is InChI=1S/C11H9Cl2FN2/c12-7-2-1-3-9(14)11(7)8(13)6-10-15-4-5-16-10/h1-5,8H,6H2,(H,15,16). The molecule has 16 heavy (non-hydrogen) atoms. The van der Waals surface area contributed by atoms with Crippen LogP contribution in [0.25, 0.3) is 0 Å². The van der Waals surface area contributed by atoms with E-state index < -0.39 is 5.38 Å². The van der Waals surface area contributed by atoms with Crippen LogP contribution in [0.3, 0.4) is 0 Å². The van der Waals surface area contributed by atoms with Gasteiger partial charge in [-0.25, -0.2) is 9.37 Å². The van der Waals surface area contributed by atoms with Gasteiger partial charge in [-0.1, -0.05) is 17.7 Å². The molecule has 0 bridgehead atoms. The van der Waals surface area contributed by atoms with Crippen molar-refractivity contribution in [3.63, 3.8) is 0 Å². The minimum Gasteiger partial charge on any atom is -0.349 e. The summed E-state index contributed by atoms with van der Waals surface area (Å²) in [6, 6.07) is 4.52. The van der Waals surface area contributed by atoms with Crippen LogP contribution in [0.5, 0.6) is 0 Å². The SMILES string of the molecule is Fc1cccc(Cl)c1C(Cl)Cc1ncc[nH]1. The molecule has 1 unspecified atom stereocenters. The van der Waals surface area contributed by atoms with Crippen molar-refractivity contribution in [2.45, 2.75) is 11.8 Å². The van der Waals surface area contributed by atoms with Gasteiger partial charge in [0.15, 0.2) is 0 Å². The Balaban J connectivity index is 2.24. The first-order chi connectivity index (χ1) is 7.68. The predicted octanol–water partition coefficient (Wildman–Crippen LogP) is 3.72. The van der Waals surface area contributed by atoms with E-state index in [0.717, 1.165) is 0 Å². The number of hydrogen-bond donors (Lipinski definition) is 1. The Labute approximate surface area is 102 Å². The number of H-pyrrole nitrogens is 1. The average Bonchev–Trinajstić information content (AvgIpc) is 2.70. The number of aromatic amines is 1. The predicted molar refractivity (Wildman–Crippen MR) is 62.3 cm³/mol. The van der Waals surface area contributed by atoms with Crippen molar-refractivity contribution in [1.82, 2.24) is 9.97 Å². The maximum absolute atomic E-state index is 13.5. The summed E-state index contributed by atoms with van der Waals surface area (Å²) in [6.07, 6.45) is 3.74. The van der Waals surface area contributed by atoms with Gasteiger partial charge in [0.05, 0.1) is 5.38 Å². The number of hydrogen-bond acceptors (Lipinski definition) is 1. The van der Waals surface area contributed by atoms with Gasteiger partial charge in [0.2, 0.25) is 0 Å². The zero-order valence-electron chi connectivity index (χ0n) is 8.25. The Hall–Kier alpha value is -1.06. The van der Waals surface area contributed by atoms with E-state index in [1.54, 1.807) is 24.5 Å². The van der Waals surface area contributed by atoms with Crippen molar-refractivity contribution in [2.75, 3.05) is 0 Å². The summed E-state index contributed by atoms with van der Waals surface area (Å²) in [4.78, 5) is 6.95. The highest BCUT2D eigenvalue weighted by Crippen LogP contribution is 2.32. The Morgan fingerprint density at radius 3 is 2.88 bits per heavy atom. The molecule has 0 aliphatic rings. The molecule has 1 aromatic carbocycles. The number of nitrogens with one attached hydrogen (secondary N) is 1. The quantitative estimate of drug-likeness (QED) is 0.836. The number of benzene rings is 1. The Bertz CT molecular complexity index is 451. The largest absolute Gasteiger partial charge is 0.349 e. The van der Waals surface area contributed by atoms with Crippen LogP contribution in [0.1, 0.15) is 16.8 Å². The van der Waals surface area contributed by atoms with Gasteiger partial charge in [0.1, 0.15) is 11.6 Å².